The molecule has 0 saturated carbocycles. The third-order valence-electron chi connectivity index (χ3n) is 3.74. The van der Waals surface area contributed by atoms with Crippen molar-refractivity contribution in [2.45, 2.75) is 46.3 Å². The average Bonchev–Trinajstić information content (AvgIpc) is 3.04. The quantitative estimate of drug-likeness (QED) is 0.453. The van der Waals surface area contributed by atoms with Crippen molar-refractivity contribution in [1.29, 1.82) is 0 Å². The van der Waals surface area contributed by atoms with Crippen molar-refractivity contribution in [2.24, 2.45) is 4.99 Å². The van der Waals surface area contributed by atoms with Gasteiger partial charge in [-0.25, -0.2) is 4.98 Å². The van der Waals surface area contributed by atoms with Crippen molar-refractivity contribution in [1.82, 2.24) is 15.6 Å². The Morgan fingerprint density at radius 3 is 2.59 bits per heavy atom. The van der Waals surface area contributed by atoms with Crippen molar-refractivity contribution in [2.75, 3.05) is 19.6 Å². The van der Waals surface area contributed by atoms with Crippen LogP contribution in [0.1, 0.15) is 43.1 Å². The predicted octanol–water partition coefficient (Wildman–Crippen LogP) is 3.07. The van der Waals surface area contributed by atoms with Gasteiger partial charge in [0.25, 0.3) is 0 Å². The van der Waals surface area contributed by atoms with E-state index in [0.29, 0.717) is 5.96 Å². The average molecular weight is 391 g/mol. The second-order valence-corrected chi connectivity index (χ2v) is 7.57. The molecule has 3 N–H and O–H groups in total. The molecular formula is C20H30N4O2S. The number of hydrogen-bond donors (Lipinski definition) is 3. The van der Waals surface area contributed by atoms with Crippen LogP contribution >= 0.6 is 11.3 Å². The number of aliphatic imine (C=N–C) groups is 1. The Kier molecular flexibility index (Phi) is 8.54. The van der Waals surface area contributed by atoms with Crippen molar-refractivity contribution in [3.63, 3.8) is 0 Å². The molecule has 6 nitrogen and oxygen atoms in total. The normalized spacial score (nSPS) is 12.9. The van der Waals surface area contributed by atoms with Crippen LogP contribution in [0.5, 0.6) is 5.75 Å². The lowest BCUT2D eigenvalue weighted by atomic mass is 10.1. The molecule has 7 heteroatoms. The summed E-state index contributed by atoms with van der Waals surface area (Å²) in [6, 6.07) is 7.51. The number of aliphatic hydroxyl groups excluding tert-OH is 1. The zero-order valence-electron chi connectivity index (χ0n) is 16.5. The van der Waals surface area contributed by atoms with Gasteiger partial charge in [-0.3, -0.25) is 4.99 Å². The topological polar surface area (TPSA) is 78.8 Å². The number of benzene rings is 1. The van der Waals surface area contributed by atoms with E-state index < -0.39 is 6.10 Å². The molecule has 1 heterocycles. The summed E-state index contributed by atoms with van der Waals surface area (Å²) in [5, 5.41) is 20.1. The lowest BCUT2D eigenvalue weighted by Gasteiger charge is -2.14. The summed E-state index contributed by atoms with van der Waals surface area (Å²) in [6.07, 6.45) is 0.316. The molecule has 0 radical (unpaired) electrons. The Morgan fingerprint density at radius 2 is 2.00 bits per heavy atom. The van der Waals surface area contributed by atoms with E-state index >= 15 is 0 Å². The highest BCUT2D eigenvalue weighted by Crippen LogP contribution is 2.19. The molecule has 0 bridgehead atoms. The molecule has 0 saturated heterocycles. The number of hydrogen-bond acceptors (Lipinski definition) is 5. The Balaban J connectivity index is 1.86. The van der Waals surface area contributed by atoms with Gasteiger partial charge in [-0.1, -0.05) is 12.1 Å². The zero-order chi connectivity index (χ0) is 19.6. The molecule has 1 unspecified atom stereocenters. The SMILES string of the molecule is CCNC(=NCC(O)c1ccc(OC(C)C)cc1)NCCc1csc(C)n1. The molecule has 0 amide bonds. The molecule has 0 spiro atoms. The van der Waals surface area contributed by atoms with Crippen LogP contribution in [0.25, 0.3) is 0 Å². The van der Waals surface area contributed by atoms with Crippen LogP contribution in [-0.2, 0) is 6.42 Å². The maximum atomic E-state index is 10.4. The van der Waals surface area contributed by atoms with E-state index in [1.807, 2.05) is 52.0 Å². The van der Waals surface area contributed by atoms with Gasteiger partial charge in [0.15, 0.2) is 5.96 Å². The Hall–Kier alpha value is -2.12. The van der Waals surface area contributed by atoms with Gasteiger partial charge in [0.05, 0.1) is 29.5 Å². The van der Waals surface area contributed by atoms with Crippen LogP contribution in [0.4, 0.5) is 0 Å². The predicted molar refractivity (Wildman–Crippen MR) is 112 cm³/mol. The molecule has 0 fully saturated rings. The van der Waals surface area contributed by atoms with Gasteiger partial charge in [-0.05, 0) is 45.4 Å². The Morgan fingerprint density at radius 1 is 1.26 bits per heavy atom. The van der Waals surface area contributed by atoms with Crippen molar-refractivity contribution in [3.8, 4) is 5.75 Å². The van der Waals surface area contributed by atoms with Gasteiger partial charge in [0.1, 0.15) is 5.75 Å². The number of thiazole rings is 1. The van der Waals surface area contributed by atoms with Crippen LogP contribution < -0.4 is 15.4 Å². The summed E-state index contributed by atoms with van der Waals surface area (Å²) < 4.78 is 5.63. The zero-order valence-corrected chi connectivity index (χ0v) is 17.3. The van der Waals surface area contributed by atoms with Crippen molar-refractivity contribution < 1.29 is 9.84 Å². The third-order valence-corrected chi connectivity index (χ3v) is 4.57. The number of rotatable bonds is 9. The maximum Gasteiger partial charge on any atom is 0.191 e. The number of nitrogens with one attached hydrogen (secondary N) is 2. The number of aromatic nitrogens is 1. The van der Waals surface area contributed by atoms with Crippen LogP contribution in [0.2, 0.25) is 0 Å². The Bertz CT molecular complexity index is 713. The molecule has 0 aliphatic rings. The summed E-state index contributed by atoms with van der Waals surface area (Å²) >= 11 is 1.66. The van der Waals surface area contributed by atoms with E-state index in [2.05, 4.69) is 26.0 Å². The minimum atomic E-state index is -0.658. The fourth-order valence-corrected chi connectivity index (χ4v) is 3.14. The van der Waals surface area contributed by atoms with E-state index in [0.717, 1.165) is 41.5 Å². The van der Waals surface area contributed by atoms with Gasteiger partial charge in [-0.2, -0.15) is 0 Å². The summed E-state index contributed by atoms with van der Waals surface area (Å²) in [7, 11) is 0. The first kappa shape index (κ1) is 21.2. The molecule has 2 rings (SSSR count). The largest absolute Gasteiger partial charge is 0.491 e. The summed E-state index contributed by atoms with van der Waals surface area (Å²) in [5.41, 5.74) is 1.91. The maximum absolute atomic E-state index is 10.4. The lowest BCUT2D eigenvalue weighted by molar-refractivity contribution is 0.186. The van der Waals surface area contributed by atoms with Crippen LogP contribution in [-0.4, -0.2) is 41.8 Å². The highest BCUT2D eigenvalue weighted by atomic mass is 32.1. The van der Waals surface area contributed by atoms with Gasteiger partial charge in [0.2, 0.25) is 0 Å². The fourth-order valence-electron chi connectivity index (χ4n) is 2.50. The molecule has 2 aromatic rings. The Labute approximate surface area is 165 Å². The molecular weight excluding hydrogens is 360 g/mol. The van der Waals surface area contributed by atoms with E-state index in [4.69, 9.17) is 4.74 Å². The smallest absolute Gasteiger partial charge is 0.191 e. The number of guanidine groups is 1. The molecule has 27 heavy (non-hydrogen) atoms. The molecule has 1 aromatic carbocycles. The van der Waals surface area contributed by atoms with Crippen molar-refractivity contribution in [3.05, 3.63) is 45.9 Å². The van der Waals surface area contributed by atoms with Crippen molar-refractivity contribution >= 4 is 17.3 Å². The number of nitrogens with zero attached hydrogens (tertiary/aromatic N) is 2. The first-order valence-corrected chi connectivity index (χ1v) is 10.2. The van der Waals surface area contributed by atoms with E-state index in [9.17, 15) is 5.11 Å². The van der Waals surface area contributed by atoms with Crippen LogP contribution in [0.15, 0.2) is 34.6 Å². The molecule has 1 atom stereocenters. The van der Waals surface area contributed by atoms with E-state index in [1.54, 1.807) is 11.3 Å². The highest BCUT2D eigenvalue weighted by Gasteiger charge is 2.08. The highest BCUT2D eigenvalue weighted by molar-refractivity contribution is 7.09. The standard InChI is InChI=1S/C20H30N4O2S/c1-5-21-20(22-11-10-17-13-27-15(4)24-17)23-12-19(25)16-6-8-18(9-7-16)26-14(2)3/h6-9,13-14,19,25H,5,10-12H2,1-4H3,(H2,21,22,23). The van der Waals surface area contributed by atoms with E-state index in [-0.39, 0.29) is 12.6 Å². The van der Waals surface area contributed by atoms with E-state index in [1.165, 1.54) is 0 Å². The van der Waals surface area contributed by atoms with Gasteiger partial charge in [-0.15, -0.1) is 11.3 Å². The molecule has 1 aromatic heterocycles. The first-order chi connectivity index (χ1) is 13.0. The molecule has 0 aliphatic carbocycles. The van der Waals surface area contributed by atoms with Gasteiger partial charge in [0, 0.05) is 24.9 Å². The second kappa shape index (κ2) is 10.9. The van der Waals surface area contributed by atoms with Crippen LogP contribution in [0.3, 0.4) is 0 Å². The monoisotopic (exact) mass is 390 g/mol. The molecule has 148 valence electrons. The number of ether oxygens (including phenoxy) is 1. The lowest BCUT2D eigenvalue weighted by Crippen LogP contribution is -2.38. The summed E-state index contributed by atoms with van der Waals surface area (Å²) in [4.78, 5) is 8.95. The minimum Gasteiger partial charge on any atom is -0.491 e. The first-order valence-electron chi connectivity index (χ1n) is 9.35. The minimum absolute atomic E-state index is 0.132. The summed E-state index contributed by atoms with van der Waals surface area (Å²) in [6.45, 7) is 9.80. The summed E-state index contributed by atoms with van der Waals surface area (Å²) in [5.74, 6) is 1.50. The van der Waals surface area contributed by atoms with Gasteiger partial charge >= 0.3 is 0 Å². The van der Waals surface area contributed by atoms with Gasteiger partial charge < -0.3 is 20.5 Å². The second-order valence-electron chi connectivity index (χ2n) is 6.51. The number of aryl methyl sites for hydroxylation is 1. The van der Waals surface area contributed by atoms with Crippen LogP contribution in [0, 0.1) is 6.92 Å². The number of aliphatic hydroxyl groups is 1. The third kappa shape index (κ3) is 7.56. The fraction of sp³-hybridized carbons (Fsp3) is 0.500. The molecule has 0 aliphatic heterocycles.